The SMILES string of the molecule is COC(=O)c1ccc(C(=O)Oc2ccc(C(C)c3ccc(C)c(-c4ccccc4)c3)cc2-c2ccccc2)cc1. The average molecular weight is 527 g/mol. The highest BCUT2D eigenvalue weighted by Gasteiger charge is 2.18. The van der Waals surface area contributed by atoms with E-state index in [0.717, 1.165) is 16.7 Å². The van der Waals surface area contributed by atoms with Gasteiger partial charge in [0.05, 0.1) is 18.2 Å². The molecule has 0 aliphatic heterocycles. The molecular formula is C36H30O4. The van der Waals surface area contributed by atoms with Crippen LogP contribution in [0.5, 0.6) is 5.75 Å². The van der Waals surface area contributed by atoms with E-state index in [1.165, 1.54) is 29.4 Å². The predicted octanol–water partition coefficient (Wildman–Crippen LogP) is 8.49. The number of ether oxygens (including phenoxy) is 2. The molecule has 0 fully saturated rings. The van der Waals surface area contributed by atoms with Crippen molar-refractivity contribution in [2.45, 2.75) is 19.8 Å². The minimum Gasteiger partial charge on any atom is -0.465 e. The summed E-state index contributed by atoms with van der Waals surface area (Å²) in [5.74, 6) is -0.375. The first-order valence-corrected chi connectivity index (χ1v) is 13.2. The number of methoxy groups -OCH3 is 1. The normalized spacial score (nSPS) is 11.5. The first-order chi connectivity index (χ1) is 19.4. The number of rotatable bonds is 7. The minimum atomic E-state index is -0.500. The Morgan fingerprint density at radius 2 is 1.10 bits per heavy atom. The van der Waals surface area contributed by atoms with E-state index >= 15 is 0 Å². The van der Waals surface area contributed by atoms with E-state index in [1.54, 1.807) is 24.3 Å². The third kappa shape index (κ3) is 5.71. The zero-order chi connectivity index (χ0) is 28.1. The topological polar surface area (TPSA) is 52.6 Å². The van der Waals surface area contributed by atoms with E-state index in [9.17, 15) is 9.59 Å². The number of carbonyl (C=O) groups is 2. The third-order valence-electron chi connectivity index (χ3n) is 7.18. The van der Waals surface area contributed by atoms with Gasteiger partial charge in [0, 0.05) is 11.5 Å². The molecule has 4 nitrogen and oxygen atoms in total. The lowest BCUT2D eigenvalue weighted by Gasteiger charge is -2.18. The van der Waals surface area contributed by atoms with Crippen molar-refractivity contribution in [2.75, 3.05) is 7.11 Å². The molecule has 5 rings (SSSR count). The Labute approximate surface area is 234 Å². The largest absolute Gasteiger partial charge is 0.465 e. The number of aryl methyl sites for hydroxylation is 1. The Morgan fingerprint density at radius 1 is 0.600 bits per heavy atom. The molecule has 0 saturated carbocycles. The molecule has 1 atom stereocenters. The Bertz CT molecular complexity index is 1640. The highest BCUT2D eigenvalue weighted by atomic mass is 16.5. The average Bonchev–Trinajstić information content (AvgIpc) is 3.01. The van der Waals surface area contributed by atoms with Gasteiger partial charge in [-0.15, -0.1) is 0 Å². The van der Waals surface area contributed by atoms with E-state index in [-0.39, 0.29) is 5.92 Å². The van der Waals surface area contributed by atoms with E-state index in [4.69, 9.17) is 9.47 Å². The van der Waals surface area contributed by atoms with Crippen LogP contribution in [-0.2, 0) is 4.74 Å². The number of esters is 2. The van der Waals surface area contributed by atoms with E-state index in [2.05, 4.69) is 62.4 Å². The van der Waals surface area contributed by atoms with Gasteiger partial charge in [-0.25, -0.2) is 9.59 Å². The van der Waals surface area contributed by atoms with Crippen molar-refractivity contribution in [3.05, 3.63) is 149 Å². The van der Waals surface area contributed by atoms with Crippen LogP contribution in [-0.4, -0.2) is 19.0 Å². The molecule has 0 bridgehead atoms. The van der Waals surface area contributed by atoms with Crippen LogP contribution in [0.4, 0.5) is 0 Å². The van der Waals surface area contributed by atoms with Crippen molar-refractivity contribution in [3.8, 4) is 28.0 Å². The molecule has 198 valence electrons. The Morgan fingerprint density at radius 3 is 1.68 bits per heavy atom. The monoisotopic (exact) mass is 526 g/mol. The van der Waals surface area contributed by atoms with Crippen molar-refractivity contribution >= 4 is 11.9 Å². The summed E-state index contributed by atoms with van der Waals surface area (Å²) in [5.41, 5.74) is 8.47. The summed E-state index contributed by atoms with van der Waals surface area (Å²) in [6.07, 6.45) is 0. The zero-order valence-electron chi connectivity index (χ0n) is 22.8. The highest BCUT2D eigenvalue weighted by Crippen LogP contribution is 2.36. The van der Waals surface area contributed by atoms with Crippen LogP contribution >= 0.6 is 0 Å². The van der Waals surface area contributed by atoms with Crippen molar-refractivity contribution < 1.29 is 19.1 Å². The second-order valence-corrected chi connectivity index (χ2v) is 9.74. The quantitative estimate of drug-likeness (QED) is 0.158. The fourth-order valence-corrected chi connectivity index (χ4v) is 4.80. The summed E-state index contributed by atoms with van der Waals surface area (Å²) < 4.78 is 10.6. The molecular weight excluding hydrogens is 496 g/mol. The van der Waals surface area contributed by atoms with Gasteiger partial charge in [0.1, 0.15) is 5.75 Å². The van der Waals surface area contributed by atoms with Gasteiger partial charge in [0.2, 0.25) is 0 Å². The van der Waals surface area contributed by atoms with Gasteiger partial charge >= 0.3 is 11.9 Å². The Balaban J connectivity index is 1.47. The third-order valence-corrected chi connectivity index (χ3v) is 7.18. The van der Waals surface area contributed by atoms with Crippen LogP contribution in [0, 0.1) is 6.92 Å². The lowest BCUT2D eigenvalue weighted by atomic mass is 9.87. The van der Waals surface area contributed by atoms with E-state index < -0.39 is 11.9 Å². The number of hydrogen-bond donors (Lipinski definition) is 0. The molecule has 0 amide bonds. The summed E-state index contributed by atoms with van der Waals surface area (Å²) >= 11 is 0. The molecule has 5 aromatic carbocycles. The molecule has 1 unspecified atom stereocenters. The summed E-state index contributed by atoms with van der Waals surface area (Å²) in [7, 11) is 1.32. The lowest BCUT2D eigenvalue weighted by Crippen LogP contribution is -2.10. The fraction of sp³-hybridized carbons (Fsp3) is 0.111. The summed E-state index contributed by atoms with van der Waals surface area (Å²) in [6, 6.07) is 39.2. The molecule has 5 aromatic rings. The minimum absolute atomic E-state index is 0.112. The first kappa shape index (κ1) is 26.6. The molecule has 0 aliphatic carbocycles. The van der Waals surface area contributed by atoms with Gasteiger partial charge in [0.25, 0.3) is 0 Å². The maximum atomic E-state index is 13.1. The molecule has 0 spiro atoms. The highest BCUT2D eigenvalue weighted by molar-refractivity contribution is 5.94. The molecule has 0 aliphatic rings. The molecule has 0 N–H and O–H groups in total. The number of carbonyl (C=O) groups excluding carboxylic acids is 2. The van der Waals surface area contributed by atoms with Crippen LogP contribution in [0.2, 0.25) is 0 Å². The summed E-state index contributed by atoms with van der Waals surface area (Å²) in [5, 5.41) is 0. The maximum absolute atomic E-state index is 13.1. The van der Waals surface area contributed by atoms with Gasteiger partial charge in [0.15, 0.2) is 0 Å². The lowest BCUT2D eigenvalue weighted by molar-refractivity contribution is 0.0599. The van der Waals surface area contributed by atoms with Gasteiger partial charge in [-0.05, 0) is 76.7 Å². The zero-order valence-corrected chi connectivity index (χ0v) is 22.8. The number of hydrogen-bond acceptors (Lipinski definition) is 4. The standard InChI is InChI=1S/C36H30O4/c1-24-14-15-30(22-32(24)26-10-6-4-7-11-26)25(2)31-20-21-34(33(23-31)27-12-8-5-9-13-27)40-36(38)29-18-16-28(17-19-29)35(37)39-3/h4-23,25H,1-3H3. The van der Waals surface area contributed by atoms with Gasteiger partial charge in [-0.3, -0.25) is 0 Å². The van der Waals surface area contributed by atoms with Crippen LogP contribution in [0.1, 0.15) is 50.2 Å². The Kier molecular flexibility index (Phi) is 7.88. The van der Waals surface area contributed by atoms with Gasteiger partial charge < -0.3 is 9.47 Å². The van der Waals surface area contributed by atoms with Crippen molar-refractivity contribution in [2.24, 2.45) is 0 Å². The molecule has 0 aromatic heterocycles. The first-order valence-electron chi connectivity index (χ1n) is 13.2. The van der Waals surface area contributed by atoms with Gasteiger partial charge in [-0.2, -0.15) is 0 Å². The van der Waals surface area contributed by atoms with Crippen molar-refractivity contribution in [3.63, 3.8) is 0 Å². The molecule has 0 radical (unpaired) electrons. The maximum Gasteiger partial charge on any atom is 0.343 e. The van der Waals surface area contributed by atoms with E-state index in [1.807, 2.05) is 48.5 Å². The molecule has 0 heterocycles. The van der Waals surface area contributed by atoms with E-state index in [0.29, 0.717) is 16.9 Å². The van der Waals surface area contributed by atoms with Crippen LogP contribution < -0.4 is 4.74 Å². The van der Waals surface area contributed by atoms with Crippen LogP contribution in [0.15, 0.2) is 121 Å². The van der Waals surface area contributed by atoms with Crippen LogP contribution in [0.25, 0.3) is 22.3 Å². The van der Waals surface area contributed by atoms with Gasteiger partial charge in [-0.1, -0.05) is 91.9 Å². The van der Waals surface area contributed by atoms with Crippen molar-refractivity contribution in [1.82, 2.24) is 0 Å². The second kappa shape index (κ2) is 11.8. The molecule has 4 heteroatoms. The summed E-state index contributed by atoms with van der Waals surface area (Å²) in [4.78, 5) is 24.8. The molecule has 40 heavy (non-hydrogen) atoms. The Hall–Kier alpha value is -4.96. The smallest absolute Gasteiger partial charge is 0.343 e. The van der Waals surface area contributed by atoms with Crippen molar-refractivity contribution in [1.29, 1.82) is 0 Å². The molecule has 0 saturated heterocycles. The fourth-order valence-electron chi connectivity index (χ4n) is 4.80. The van der Waals surface area contributed by atoms with Crippen LogP contribution in [0.3, 0.4) is 0 Å². The second-order valence-electron chi connectivity index (χ2n) is 9.74. The number of benzene rings is 5. The predicted molar refractivity (Wildman–Crippen MR) is 159 cm³/mol. The summed E-state index contributed by atoms with van der Waals surface area (Å²) in [6.45, 7) is 4.33.